The molecule has 1 aromatic carbocycles. The minimum Gasteiger partial charge on any atom is -0.468 e. The minimum absolute atomic E-state index is 0.0537. The average molecular weight is 493 g/mol. The number of alkyl halides is 3. The maximum absolute atomic E-state index is 13.0. The Morgan fingerprint density at radius 3 is 2.34 bits per heavy atom. The zero-order chi connectivity index (χ0) is 24.1. The van der Waals surface area contributed by atoms with Gasteiger partial charge >= 0.3 is 24.0 Å². The average Bonchev–Trinajstić information content (AvgIpc) is 3.18. The van der Waals surface area contributed by atoms with Crippen LogP contribution in [0.3, 0.4) is 0 Å². The molecule has 1 unspecified atom stereocenters. The molecule has 1 amide bonds. The summed E-state index contributed by atoms with van der Waals surface area (Å²) in [7, 11) is 2.09. The summed E-state index contributed by atoms with van der Waals surface area (Å²) in [5.74, 6) is -4.29. The van der Waals surface area contributed by atoms with E-state index in [1.54, 1.807) is 24.3 Å². The summed E-state index contributed by atoms with van der Waals surface area (Å²) in [6.45, 7) is 0. The van der Waals surface area contributed by atoms with Crippen LogP contribution in [0.5, 0.6) is 0 Å². The third-order valence-corrected chi connectivity index (χ3v) is 6.16. The van der Waals surface area contributed by atoms with Crippen LogP contribution in [-0.2, 0) is 23.9 Å². The number of hydrogen-bond acceptors (Lipinski definition) is 8. The van der Waals surface area contributed by atoms with Crippen molar-refractivity contribution in [3.8, 4) is 0 Å². The monoisotopic (exact) mass is 492 g/mol. The number of methoxy groups -OCH3 is 2. The van der Waals surface area contributed by atoms with E-state index >= 15 is 0 Å². The Bertz CT molecular complexity index is 882. The van der Waals surface area contributed by atoms with Crippen molar-refractivity contribution in [2.24, 2.45) is 10.4 Å². The van der Waals surface area contributed by atoms with E-state index in [0.29, 0.717) is 18.6 Å². The standard InChI is InChI=1S/C20H23F3N2O5S2/c1-29-16(26)13(25(32)17(27)20(21,22)23)11-19(18(28)30-2)10-6-9-14(19)24-15(31)12-7-4-3-5-8-12/h3-5,7-8,13,15,31-32H,6,9-11H2,1-2H3/b24-14+/t13-,15?,19-/m0/s1. The second-order valence-corrected chi connectivity index (χ2v) is 8.10. The molecule has 1 aromatic rings. The lowest BCUT2D eigenvalue weighted by Crippen LogP contribution is -2.50. The highest BCUT2D eigenvalue weighted by atomic mass is 32.1. The third-order valence-electron chi connectivity index (χ3n) is 5.28. The van der Waals surface area contributed by atoms with Crippen LogP contribution in [0, 0.1) is 5.41 Å². The largest absolute Gasteiger partial charge is 0.472 e. The molecule has 0 spiro atoms. The van der Waals surface area contributed by atoms with Gasteiger partial charge in [-0.25, -0.2) is 4.79 Å². The van der Waals surface area contributed by atoms with Crippen molar-refractivity contribution in [1.82, 2.24) is 4.31 Å². The van der Waals surface area contributed by atoms with Crippen molar-refractivity contribution in [1.29, 1.82) is 0 Å². The number of rotatable bonds is 7. The predicted molar refractivity (Wildman–Crippen MR) is 116 cm³/mol. The fourth-order valence-electron chi connectivity index (χ4n) is 3.70. The zero-order valence-corrected chi connectivity index (χ0v) is 19.1. The van der Waals surface area contributed by atoms with Crippen molar-refractivity contribution < 1.29 is 37.0 Å². The number of aliphatic imine (C=N–C) groups is 1. The summed E-state index contributed by atoms with van der Waals surface area (Å²) in [5, 5.41) is -0.659. The van der Waals surface area contributed by atoms with Gasteiger partial charge in [0.1, 0.15) is 16.8 Å². The molecule has 3 atom stereocenters. The molecule has 12 heteroatoms. The number of thiol groups is 2. The molecule has 1 fully saturated rings. The van der Waals surface area contributed by atoms with Crippen LogP contribution in [0.4, 0.5) is 13.2 Å². The lowest BCUT2D eigenvalue weighted by Gasteiger charge is -2.34. The molecule has 0 saturated heterocycles. The number of esters is 2. The van der Waals surface area contributed by atoms with Gasteiger partial charge < -0.3 is 9.47 Å². The number of nitrogens with zero attached hydrogens (tertiary/aromatic N) is 2. The van der Waals surface area contributed by atoms with Gasteiger partial charge in [0.25, 0.3) is 0 Å². The highest BCUT2D eigenvalue weighted by Crippen LogP contribution is 2.44. The zero-order valence-electron chi connectivity index (χ0n) is 17.3. The normalized spacial score (nSPS) is 21.7. The SMILES string of the molecule is COC(=O)[C@H](C[C@@]1(C(=O)OC)CCC/C1=N\C(S)c1ccccc1)N(S)C(=O)C(F)(F)F. The van der Waals surface area contributed by atoms with Crippen molar-refractivity contribution in [2.45, 2.75) is 43.3 Å². The highest BCUT2D eigenvalue weighted by molar-refractivity contribution is 7.80. The number of ether oxygens (including phenoxy) is 2. The van der Waals surface area contributed by atoms with E-state index in [1.165, 1.54) is 0 Å². The maximum atomic E-state index is 13.0. The van der Waals surface area contributed by atoms with Crippen LogP contribution < -0.4 is 0 Å². The van der Waals surface area contributed by atoms with Crippen molar-refractivity contribution in [3.63, 3.8) is 0 Å². The maximum Gasteiger partial charge on any atom is 0.472 e. The molecule has 32 heavy (non-hydrogen) atoms. The van der Waals surface area contributed by atoms with Gasteiger partial charge in [-0.15, -0.1) is 12.6 Å². The van der Waals surface area contributed by atoms with Gasteiger partial charge in [0.05, 0.1) is 14.2 Å². The Morgan fingerprint density at radius 2 is 1.81 bits per heavy atom. The first kappa shape index (κ1) is 26.0. The fourth-order valence-corrected chi connectivity index (χ4v) is 4.30. The molecule has 1 aliphatic carbocycles. The molecule has 0 aliphatic heterocycles. The number of benzene rings is 1. The third kappa shape index (κ3) is 5.58. The molecule has 0 bridgehead atoms. The molecule has 0 radical (unpaired) electrons. The molecule has 7 nitrogen and oxygen atoms in total. The quantitative estimate of drug-likeness (QED) is 0.449. The van der Waals surface area contributed by atoms with E-state index in [-0.39, 0.29) is 10.7 Å². The molecule has 1 aliphatic rings. The van der Waals surface area contributed by atoms with Crippen LogP contribution in [0.1, 0.15) is 36.6 Å². The first-order valence-electron chi connectivity index (χ1n) is 9.53. The van der Waals surface area contributed by atoms with E-state index < -0.39 is 47.3 Å². The van der Waals surface area contributed by atoms with Crippen LogP contribution in [0.2, 0.25) is 0 Å². The number of halogens is 3. The molecular formula is C20H23F3N2O5S2. The van der Waals surface area contributed by atoms with E-state index in [1.807, 2.05) is 6.07 Å². The summed E-state index contributed by atoms with van der Waals surface area (Å²) in [6, 6.07) is 7.14. The summed E-state index contributed by atoms with van der Waals surface area (Å²) in [5.41, 5.74) is -0.485. The smallest absolute Gasteiger partial charge is 0.468 e. The lowest BCUT2D eigenvalue weighted by molar-refractivity contribution is -0.183. The number of carbonyl (C=O) groups excluding carboxylic acids is 3. The number of carbonyl (C=O) groups is 3. The summed E-state index contributed by atoms with van der Waals surface area (Å²) < 4.78 is 48.4. The van der Waals surface area contributed by atoms with Crippen LogP contribution in [0.15, 0.2) is 35.3 Å². The number of hydrogen-bond donors (Lipinski definition) is 2. The van der Waals surface area contributed by atoms with Gasteiger partial charge in [-0.05, 0) is 24.8 Å². The first-order chi connectivity index (χ1) is 15.0. The topological polar surface area (TPSA) is 85.3 Å². The van der Waals surface area contributed by atoms with Gasteiger partial charge in [0, 0.05) is 12.1 Å². The summed E-state index contributed by atoms with van der Waals surface area (Å²) >= 11 is 8.10. The van der Waals surface area contributed by atoms with Crippen molar-refractivity contribution >= 4 is 49.0 Å². The Labute approximate surface area is 194 Å². The lowest BCUT2D eigenvalue weighted by atomic mass is 9.78. The van der Waals surface area contributed by atoms with Crippen LogP contribution >= 0.6 is 25.4 Å². The highest BCUT2D eigenvalue weighted by Gasteiger charge is 2.54. The molecule has 0 heterocycles. The summed E-state index contributed by atoms with van der Waals surface area (Å²) in [6.07, 6.45) is -4.85. The van der Waals surface area contributed by atoms with Crippen LogP contribution in [-0.4, -0.2) is 54.3 Å². The molecule has 2 rings (SSSR count). The first-order valence-corrected chi connectivity index (χ1v) is 10.4. The van der Waals surface area contributed by atoms with Gasteiger partial charge in [-0.2, -0.15) is 13.2 Å². The second-order valence-electron chi connectivity index (χ2n) is 7.18. The minimum atomic E-state index is -5.28. The van der Waals surface area contributed by atoms with E-state index in [9.17, 15) is 27.6 Å². The Hall–Kier alpha value is -2.21. The molecular weight excluding hydrogens is 469 g/mol. The Morgan fingerprint density at radius 1 is 1.19 bits per heavy atom. The molecule has 176 valence electrons. The van der Waals surface area contributed by atoms with Crippen molar-refractivity contribution in [3.05, 3.63) is 35.9 Å². The van der Waals surface area contributed by atoms with E-state index in [2.05, 4.69) is 35.2 Å². The fraction of sp³-hybridized carbons (Fsp3) is 0.500. The van der Waals surface area contributed by atoms with Gasteiger partial charge in [-0.3, -0.25) is 18.9 Å². The van der Waals surface area contributed by atoms with Crippen molar-refractivity contribution in [2.75, 3.05) is 14.2 Å². The van der Waals surface area contributed by atoms with E-state index in [4.69, 9.17) is 4.74 Å². The second kappa shape index (κ2) is 10.6. The van der Waals surface area contributed by atoms with Gasteiger partial charge in [0.2, 0.25) is 0 Å². The summed E-state index contributed by atoms with van der Waals surface area (Å²) in [4.78, 5) is 41.5. The van der Waals surface area contributed by atoms with Gasteiger partial charge in [-0.1, -0.05) is 43.1 Å². The van der Waals surface area contributed by atoms with Gasteiger partial charge in [0.15, 0.2) is 0 Å². The molecule has 1 saturated carbocycles. The molecule has 0 N–H and O–H groups in total. The predicted octanol–water partition coefficient (Wildman–Crippen LogP) is 3.57. The molecule has 0 aromatic heterocycles. The van der Waals surface area contributed by atoms with Crippen LogP contribution in [0.25, 0.3) is 0 Å². The Kier molecular flexibility index (Phi) is 8.63. The number of amides is 1. The van der Waals surface area contributed by atoms with E-state index in [0.717, 1.165) is 19.8 Å². The Balaban J connectivity index is 2.49.